The Bertz CT molecular complexity index is 1210. The van der Waals surface area contributed by atoms with Gasteiger partial charge < -0.3 is 24.6 Å². The number of nitrogens with one attached hydrogen (secondary N) is 2. The van der Waals surface area contributed by atoms with Gasteiger partial charge >= 0.3 is 0 Å². The maximum atomic E-state index is 12.5. The summed E-state index contributed by atoms with van der Waals surface area (Å²) in [6.07, 6.45) is -0.973. The molecule has 3 N–H and O–H groups in total. The molecule has 1 aromatic heterocycles. The summed E-state index contributed by atoms with van der Waals surface area (Å²) >= 11 is 1.45. The Morgan fingerprint density at radius 1 is 1.12 bits per heavy atom. The van der Waals surface area contributed by atoms with Crippen LogP contribution in [-0.4, -0.2) is 45.5 Å². The first-order valence-electron chi connectivity index (χ1n) is 10.0. The van der Waals surface area contributed by atoms with Gasteiger partial charge in [-0.15, -0.1) is 11.3 Å². The standard InChI is InChI=1S/C22H22N2O7S2/c25-16(13-29-17-6-7-20-21(10-17)31-14-30-20)11-23-22(26)15-3-1-5-19(9-15)33(27,28)24-12-18-4-2-8-32-18/h1-10,16,24-25H,11-14H2,(H,23,26). The Morgan fingerprint density at radius 3 is 2.79 bits per heavy atom. The van der Waals surface area contributed by atoms with Crippen molar-refractivity contribution in [1.29, 1.82) is 0 Å². The van der Waals surface area contributed by atoms with Crippen LogP contribution in [-0.2, 0) is 16.6 Å². The molecule has 9 nitrogen and oxygen atoms in total. The maximum Gasteiger partial charge on any atom is 0.251 e. The monoisotopic (exact) mass is 490 g/mol. The van der Waals surface area contributed by atoms with Crippen LogP contribution in [0.4, 0.5) is 0 Å². The fraction of sp³-hybridized carbons (Fsp3) is 0.227. The minimum absolute atomic E-state index is 0.0154. The molecule has 1 aliphatic rings. The molecule has 0 spiro atoms. The average Bonchev–Trinajstić information content (AvgIpc) is 3.51. The van der Waals surface area contributed by atoms with Crippen molar-refractivity contribution in [3.63, 3.8) is 0 Å². The molecule has 1 aliphatic heterocycles. The van der Waals surface area contributed by atoms with Gasteiger partial charge in [-0.3, -0.25) is 4.79 Å². The molecule has 1 amide bonds. The minimum atomic E-state index is -3.78. The third kappa shape index (κ3) is 6.02. The Morgan fingerprint density at radius 2 is 1.97 bits per heavy atom. The molecule has 0 fully saturated rings. The lowest BCUT2D eigenvalue weighted by Crippen LogP contribution is -2.35. The van der Waals surface area contributed by atoms with Crippen molar-refractivity contribution in [1.82, 2.24) is 10.0 Å². The maximum absolute atomic E-state index is 12.5. The molecule has 2 aromatic carbocycles. The van der Waals surface area contributed by atoms with Crippen molar-refractivity contribution >= 4 is 27.3 Å². The summed E-state index contributed by atoms with van der Waals surface area (Å²) in [4.78, 5) is 13.3. The zero-order valence-corrected chi connectivity index (χ0v) is 19.0. The minimum Gasteiger partial charge on any atom is -0.491 e. The van der Waals surface area contributed by atoms with Gasteiger partial charge in [0.05, 0.1) is 4.90 Å². The van der Waals surface area contributed by atoms with E-state index in [2.05, 4.69) is 10.0 Å². The number of benzene rings is 2. The highest BCUT2D eigenvalue weighted by Crippen LogP contribution is 2.35. The van der Waals surface area contributed by atoms with Gasteiger partial charge in [-0.1, -0.05) is 12.1 Å². The van der Waals surface area contributed by atoms with Crippen LogP contribution >= 0.6 is 11.3 Å². The predicted molar refractivity (Wildman–Crippen MR) is 121 cm³/mol. The normalized spacial score (nSPS) is 13.5. The number of rotatable bonds is 10. The van der Waals surface area contributed by atoms with Crippen LogP contribution in [0.25, 0.3) is 0 Å². The quantitative estimate of drug-likeness (QED) is 0.398. The molecule has 0 bridgehead atoms. The van der Waals surface area contributed by atoms with Crippen LogP contribution < -0.4 is 24.2 Å². The molecular formula is C22H22N2O7S2. The summed E-state index contributed by atoms with van der Waals surface area (Å²) in [5.41, 5.74) is 0.165. The molecule has 2 heterocycles. The number of hydrogen-bond donors (Lipinski definition) is 3. The molecular weight excluding hydrogens is 468 g/mol. The Kier molecular flexibility index (Phi) is 7.14. The number of hydrogen-bond acceptors (Lipinski definition) is 8. The summed E-state index contributed by atoms with van der Waals surface area (Å²) in [6.45, 7) is 0.199. The van der Waals surface area contributed by atoms with E-state index in [4.69, 9.17) is 14.2 Å². The van der Waals surface area contributed by atoms with E-state index in [9.17, 15) is 18.3 Å². The van der Waals surface area contributed by atoms with E-state index < -0.39 is 22.0 Å². The number of aliphatic hydroxyl groups excluding tert-OH is 1. The van der Waals surface area contributed by atoms with Crippen LogP contribution in [0.15, 0.2) is 64.9 Å². The lowest BCUT2D eigenvalue weighted by molar-refractivity contribution is 0.0843. The van der Waals surface area contributed by atoms with Crippen molar-refractivity contribution in [2.24, 2.45) is 0 Å². The predicted octanol–water partition coefficient (Wildman–Crippen LogP) is 2.12. The molecule has 0 saturated carbocycles. The van der Waals surface area contributed by atoms with E-state index in [1.165, 1.54) is 35.6 Å². The van der Waals surface area contributed by atoms with E-state index in [1.54, 1.807) is 18.2 Å². The SMILES string of the molecule is O=C(NCC(O)COc1ccc2c(c1)OCO2)c1cccc(S(=O)(=O)NCc2cccs2)c1. The van der Waals surface area contributed by atoms with Gasteiger partial charge in [0, 0.05) is 29.6 Å². The van der Waals surface area contributed by atoms with Crippen molar-refractivity contribution in [2.45, 2.75) is 17.5 Å². The average molecular weight is 491 g/mol. The van der Waals surface area contributed by atoms with Gasteiger partial charge in [-0.2, -0.15) is 0 Å². The summed E-state index contributed by atoms with van der Waals surface area (Å²) in [6, 6.07) is 14.4. The third-order valence-electron chi connectivity index (χ3n) is 4.71. The number of aliphatic hydroxyl groups is 1. The largest absolute Gasteiger partial charge is 0.491 e. The summed E-state index contributed by atoms with van der Waals surface area (Å²) in [5, 5.41) is 14.6. The second-order valence-electron chi connectivity index (χ2n) is 7.12. The van der Waals surface area contributed by atoms with Crippen LogP contribution in [0.5, 0.6) is 17.2 Å². The highest BCUT2D eigenvalue weighted by Gasteiger charge is 2.18. The van der Waals surface area contributed by atoms with Gasteiger partial charge in [0.2, 0.25) is 16.8 Å². The summed E-state index contributed by atoms with van der Waals surface area (Å²) < 4.78 is 43.6. The molecule has 33 heavy (non-hydrogen) atoms. The molecule has 3 aromatic rings. The number of sulfonamides is 1. The van der Waals surface area contributed by atoms with Gasteiger partial charge in [0.1, 0.15) is 18.5 Å². The molecule has 4 rings (SSSR count). The summed E-state index contributed by atoms with van der Waals surface area (Å²) in [7, 11) is -3.78. The fourth-order valence-electron chi connectivity index (χ4n) is 3.00. The van der Waals surface area contributed by atoms with Crippen LogP contribution in [0.2, 0.25) is 0 Å². The molecule has 174 valence electrons. The van der Waals surface area contributed by atoms with E-state index in [1.807, 2.05) is 17.5 Å². The lowest BCUT2D eigenvalue weighted by Gasteiger charge is -2.14. The second kappa shape index (κ2) is 10.2. The zero-order valence-electron chi connectivity index (χ0n) is 17.4. The number of ether oxygens (including phenoxy) is 3. The van der Waals surface area contributed by atoms with Crippen molar-refractivity contribution in [3.8, 4) is 17.2 Å². The number of carbonyl (C=O) groups is 1. The topological polar surface area (TPSA) is 123 Å². The van der Waals surface area contributed by atoms with Gasteiger partial charge in [0.25, 0.3) is 5.91 Å². The Hall–Kier alpha value is -3.12. The van der Waals surface area contributed by atoms with Crippen LogP contribution in [0.3, 0.4) is 0 Å². The van der Waals surface area contributed by atoms with Crippen LogP contribution in [0, 0.1) is 0 Å². The van der Waals surface area contributed by atoms with Crippen molar-refractivity contribution in [3.05, 3.63) is 70.4 Å². The molecule has 11 heteroatoms. The first-order valence-corrected chi connectivity index (χ1v) is 12.4. The fourth-order valence-corrected chi connectivity index (χ4v) is 4.79. The molecule has 0 saturated heterocycles. The van der Waals surface area contributed by atoms with E-state index in [0.29, 0.717) is 17.2 Å². The highest BCUT2D eigenvalue weighted by molar-refractivity contribution is 7.89. The van der Waals surface area contributed by atoms with Crippen LogP contribution in [0.1, 0.15) is 15.2 Å². The van der Waals surface area contributed by atoms with Crippen molar-refractivity contribution < 1.29 is 32.5 Å². The summed E-state index contributed by atoms with van der Waals surface area (Å²) in [5.74, 6) is 1.18. The van der Waals surface area contributed by atoms with Gasteiger partial charge in [-0.05, 0) is 41.8 Å². The number of thiophene rings is 1. The molecule has 0 aliphatic carbocycles. The molecule has 1 unspecified atom stereocenters. The first kappa shape index (κ1) is 23.1. The lowest BCUT2D eigenvalue weighted by atomic mass is 10.2. The highest BCUT2D eigenvalue weighted by atomic mass is 32.2. The number of fused-ring (bicyclic) bond motifs is 1. The van der Waals surface area contributed by atoms with E-state index in [-0.39, 0.29) is 36.9 Å². The Labute approximate surface area is 195 Å². The van der Waals surface area contributed by atoms with Gasteiger partial charge in [0.15, 0.2) is 11.5 Å². The number of carbonyl (C=O) groups excluding carboxylic acids is 1. The van der Waals surface area contributed by atoms with E-state index >= 15 is 0 Å². The number of amides is 1. The van der Waals surface area contributed by atoms with Gasteiger partial charge in [-0.25, -0.2) is 13.1 Å². The second-order valence-corrected chi connectivity index (χ2v) is 9.92. The molecule has 1 atom stereocenters. The first-order chi connectivity index (χ1) is 15.9. The third-order valence-corrected chi connectivity index (χ3v) is 6.98. The smallest absolute Gasteiger partial charge is 0.251 e. The van der Waals surface area contributed by atoms with E-state index in [0.717, 1.165) is 4.88 Å². The molecule has 0 radical (unpaired) electrons. The van der Waals surface area contributed by atoms with Crippen molar-refractivity contribution in [2.75, 3.05) is 19.9 Å². The Balaban J connectivity index is 1.28. The zero-order chi connectivity index (χ0) is 23.3.